The van der Waals surface area contributed by atoms with Gasteiger partial charge in [-0.2, -0.15) is 0 Å². The molecule has 0 bridgehead atoms. The van der Waals surface area contributed by atoms with Gasteiger partial charge in [0.25, 0.3) is 0 Å². The number of aromatic nitrogens is 1. The topological polar surface area (TPSA) is 48.1 Å². The normalized spacial score (nSPS) is 10.3. The van der Waals surface area contributed by atoms with E-state index in [1.165, 1.54) is 0 Å². The minimum Gasteiger partial charge on any atom is -0.438 e. The quantitative estimate of drug-likeness (QED) is 0.878. The third-order valence-corrected chi connectivity index (χ3v) is 2.75. The first-order valence-electron chi connectivity index (χ1n) is 5.60. The molecule has 3 nitrogen and oxygen atoms in total. The van der Waals surface area contributed by atoms with Crippen molar-refractivity contribution >= 4 is 0 Å². The first-order valence-corrected chi connectivity index (χ1v) is 5.60. The first kappa shape index (κ1) is 11.6. The Hall–Kier alpha value is -1.87. The average Bonchev–Trinajstić information content (AvgIpc) is 2.32. The maximum atomic E-state index is 5.82. The van der Waals surface area contributed by atoms with E-state index in [1.54, 1.807) is 6.20 Å². The van der Waals surface area contributed by atoms with Gasteiger partial charge in [0.15, 0.2) is 0 Å². The van der Waals surface area contributed by atoms with E-state index in [1.807, 2.05) is 44.2 Å². The number of para-hydroxylation sites is 1. The van der Waals surface area contributed by atoms with E-state index >= 15 is 0 Å². The summed E-state index contributed by atoms with van der Waals surface area (Å²) in [7, 11) is 0. The summed E-state index contributed by atoms with van der Waals surface area (Å²) >= 11 is 0. The van der Waals surface area contributed by atoms with Crippen molar-refractivity contribution < 1.29 is 4.74 Å². The lowest BCUT2D eigenvalue weighted by atomic mass is 10.1. The van der Waals surface area contributed by atoms with Gasteiger partial charge in [-0.15, -0.1) is 0 Å². The van der Waals surface area contributed by atoms with Crippen molar-refractivity contribution in [2.75, 3.05) is 0 Å². The number of benzene rings is 1. The number of nitrogens with two attached hydrogens (primary N) is 1. The molecule has 1 heterocycles. The lowest BCUT2D eigenvalue weighted by Crippen LogP contribution is -2.04. The molecule has 2 rings (SSSR count). The van der Waals surface area contributed by atoms with Crippen LogP contribution in [0.4, 0.5) is 0 Å². The highest BCUT2D eigenvalue weighted by Crippen LogP contribution is 2.26. The van der Waals surface area contributed by atoms with Gasteiger partial charge in [-0.3, -0.25) is 0 Å². The minimum atomic E-state index is 0.431. The summed E-state index contributed by atoms with van der Waals surface area (Å²) in [6.45, 7) is 4.45. The van der Waals surface area contributed by atoms with Gasteiger partial charge in [0.1, 0.15) is 5.75 Å². The van der Waals surface area contributed by atoms with E-state index in [-0.39, 0.29) is 0 Å². The van der Waals surface area contributed by atoms with E-state index in [2.05, 4.69) is 4.98 Å². The summed E-state index contributed by atoms with van der Waals surface area (Å²) in [4.78, 5) is 4.24. The third kappa shape index (κ3) is 2.45. The van der Waals surface area contributed by atoms with Crippen LogP contribution in [0.15, 0.2) is 36.5 Å². The van der Waals surface area contributed by atoms with Crippen LogP contribution in [0.1, 0.15) is 16.7 Å². The number of aryl methyl sites for hydroxylation is 2. The molecule has 88 valence electrons. The molecule has 2 aromatic rings. The van der Waals surface area contributed by atoms with Crippen molar-refractivity contribution in [3.63, 3.8) is 0 Å². The number of rotatable bonds is 3. The average molecular weight is 228 g/mol. The van der Waals surface area contributed by atoms with Crippen LogP contribution in [-0.4, -0.2) is 4.98 Å². The zero-order valence-corrected chi connectivity index (χ0v) is 10.1. The Labute approximate surface area is 101 Å². The largest absolute Gasteiger partial charge is 0.438 e. The first-order chi connectivity index (χ1) is 8.22. The summed E-state index contributed by atoms with van der Waals surface area (Å²) in [5.74, 6) is 1.42. The zero-order valence-electron chi connectivity index (χ0n) is 10.1. The van der Waals surface area contributed by atoms with Gasteiger partial charge < -0.3 is 10.5 Å². The molecule has 0 fully saturated rings. The second-order valence-corrected chi connectivity index (χ2v) is 3.98. The fourth-order valence-corrected chi connectivity index (χ4v) is 1.68. The highest BCUT2D eigenvalue weighted by Gasteiger charge is 2.08. The van der Waals surface area contributed by atoms with E-state index in [9.17, 15) is 0 Å². The molecule has 3 heteroatoms. The van der Waals surface area contributed by atoms with Crippen molar-refractivity contribution in [3.8, 4) is 11.6 Å². The summed E-state index contributed by atoms with van der Waals surface area (Å²) in [5, 5.41) is 0. The Bertz CT molecular complexity index is 523. The minimum absolute atomic E-state index is 0.431. The Morgan fingerprint density at radius 1 is 1.12 bits per heavy atom. The van der Waals surface area contributed by atoms with Crippen molar-refractivity contribution in [1.82, 2.24) is 4.98 Å². The summed E-state index contributed by atoms with van der Waals surface area (Å²) in [6, 6.07) is 9.80. The molecule has 0 aliphatic heterocycles. The van der Waals surface area contributed by atoms with Crippen LogP contribution in [0.5, 0.6) is 11.6 Å². The van der Waals surface area contributed by atoms with Gasteiger partial charge in [0.2, 0.25) is 5.88 Å². The van der Waals surface area contributed by atoms with Gasteiger partial charge in [-0.25, -0.2) is 4.98 Å². The second kappa shape index (κ2) is 4.97. The second-order valence-electron chi connectivity index (χ2n) is 3.98. The Balaban J connectivity index is 2.37. The lowest BCUT2D eigenvalue weighted by molar-refractivity contribution is 0.452. The number of hydrogen-bond donors (Lipinski definition) is 1. The molecule has 0 aliphatic carbocycles. The van der Waals surface area contributed by atoms with Crippen LogP contribution in [0.3, 0.4) is 0 Å². The van der Waals surface area contributed by atoms with Crippen molar-refractivity contribution in [2.45, 2.75) is 20.4 Å². The number of hydrogen-bond acceptors (Lipinski definition) is 3. The van der Waals surface area contributed by atoms with Gasteiger partial charge in [0.05, 0.1) is 0 Å². The molecule has 0 atom stereocenters. The SMILES string of the molecule is Cc1ccccc1Oc1nccc(C)c1CN. The Morgan fingerprint density at radius 3 is 2.59 bits per heavy atom. The van der Waals surface area contributed by atoms with Crippen LogP contribution in [-0.2, 0) is 6.54 Å². The molecular weight excluding hydrogens is 212 g/mol. The fraction of sp³-hybridized carbons (Fsp3) is 0.214. The summed E-state index contributed by atoms with van der Waals surface area (Å²) in [6.07, 6.45) is 1.74. The van der Waals surface area contributed by atoms with Gasteiger partial charge in [-0.05, 0) is 37.1 Å². The molecular formula is C14H16N2O. The Morgan fingerprint density at radius 2 is 1.88 bits per heavy atom. The molecule has 0 unspecified atom stereocenters. The molecule has 1 aromatic heterocycles. The lowest BCUT2D eigenvalue weighted by Gasteiger charge is -2.12. The Kier molecular flexibility index (Phi) is 3.40. The number of ether oxygens (including phenoxy) is 1. The zero-order chi connectivity index (χ0) is 12.3. The van der Waals surface area contributed by atoms with E-state index in [0.29, 0.717) is 12.4 Å². The molecule has 17 heavy (non-hydrogen) atoms. The number of nitrogens with zero attached hydrogens (tertiary/aromatic N) is 1. The maximum Gasteiger partial charge on any atom is 0.223 e. The van der Waals surface area contributed by atoms with Gasteiger partial charge in [0, 0.05) is 18.3 Å². The van der Waals surface area contributed by atoms with Crippen LogP contribution >= 0.6 is 0 Å². The van der Waals surface area contributed by atoms with Gasteiger partial charge in [-0.1, -0.05) is 18.2 Å². The monoisotopic (exact) mass is 228 g/mol. The molecule has 0 amide bonds. The molecule has 1 aromatic carbocycles. The molecule has 0 aliphatic rings. The number of pyridine rings is 1. The maximum absolute atomic E-state index is 5.82. The molecule has 0 spiro atoms. The molecule has 0 radical (unpaired) electrons. The van der Waals surface area contributed by atoms with Gasteiger partial charge >= 0.3 is 0 Å². The molecule has 0 saturated carbocycles. The summed E-state index contributed by atoms with van der Waals surface area (Å²) < 4.78 is 5.82. The standard InChI is InChI=1S/C14H16N2O/c1-10-7-8-16-14(12(10)9-15)17-13-6-4-3-5-11(13)2/h3-8H,9,15H2,1-2H3. The van der Waals surface area contributed by atoms with Crippen LogP contribution in [0.25, 0.3) is 0 Å². The van der Waals surface area contributed by atoms with Crippen molar-refractivity contribution in [2.24, 2.45) is 5.73 Å². The highest BCUT2D eigenvalue weighted by atomic mass is 16.5. The van der Waals surface area contributed by atoms with E-state index in [0.717, 1.165) is 22.4 Å². The smallest absolute Gasteiger partial charge is 0.223 e. The fourth-order valence-electron chi connectivity index (χ4n) is 1.68. The van der Waals surface area contributed by atoms with E-state index < -0.39 is 0 Å². The van der Waals surface area contributed by atoms with Crippen LogP contribution in [0.2, 0.25) is 0 Å². The predicted octanol–water partition coefficient (Wildman–Crippen LogP) is 2.95. The third-order valence-electron chi connectivity index (χ3n) is 2.75. The van der Waals surface area contributed by atoms with Crippen LogP contribution < -0.4 is 10.5 Å². The van der Waals surface area contributed by atoms with Crippen molar-refractivity contribution in [3.05, 3.63) is 53.2 Å². The molecule has 2 N–H and O–H groups in total. The summed E-state index contributed by atoms with van der Waals surface area (Å²) in [5.41, 5.74) is 8.86. The highest BCUT2D eigenvalue weighted by molar-refractivity contribution is 5.39. The predicted molar refractivity (Wildman–Crippen MR) is 68.1 cm³/mol. The van der Waals surface area contributed by atoms with Crippen LogP contribution in [0, 0.1) is 13.8 Å². The molecule has 0 saturated heterocycles. The van der Waals surface area contributed by atoms with Crippen molar-refractivity contribution in [1.29, 1.82) is 0 Å². The van der Waals surface area contributed by atoms with E-state index in [4.69, 9.17) is 10.5 Å².